The Bertz CT molecular complexity index is 603. The van der Waals surface area contributed by atoms with Gasteiger partial charge in [-0.25, -0.2) is 4.79 Å². The predicted octanol–water partition coefficient (Wildman–Crippen LogP) is 3.44. The summed E-state index contributed by atoms with van der Waals surface area (Å²) in [6.45, 7) is 1.99. The molecule has 0 bridgehead atoms. The van der Waals surface area contributed by atoms with Crippen LogP contribution in [0.5, 0.6) is 0 Å². The maximum atomic E-state index is 11.0. The summed E-state index contributed by atoms with van der Waals surface area (Å²) in [5, 5.41) is 9.05. The summed E-state index contributed by atoms with van der Waals surface area (Å²) in [4.78, 5) is 15.3. The number of carbonyl (C=O) groups is 1. The van der Waals surface area contributed by atoms with E-state index in [1.807, 2.05) is 31.2 Å². The van der Waals surface area contributed by atoms with Crippen LogP contribution in [-0.2, 0) is 0 Å². The first-order chi connectivity index (χ1) is 8.66. The number of carboxylic acids is 1. The van der Waals surface area contributed by atoms with Gasteiger partial charge in [0.25, 0.3) is 0 Å². The maximum Gasteiger partial charge on any atom is 0.336 e. The molecule has 1 N–H and O–H groups in total. The lowest BCUT2D eigenvalue weighted by Crippen LogP contribution is -2.00. The van der Waals surface area contributed by atoms with Crippen molar-refractivity contribution in [2.45, 2.75) is 6.92 Å². The van der Waals surface area contributed by atoms with Gasteiger partial charge in [-0.05, 0) is 30.7 Å². The lowest BCUT2D eigenvalue weighted by Gasteiger charge is -2.00. The molecule has 0 aliphatic carbocycles. The van der Waals surface area contributed by atoms with Crippen LogP contribution in [0.15, 0.2) is 53.5 Å². The lowest BCUT2D eigenvalue weighted by molar-refractivity contribution is 0.0697. The van der Waals surface area contributed by atoms with Crippen molar-refractivity contribution in [3.8, 4) is 0 Å². The number of hydrogen-bond acceptors (Lipinski definition) is 2. The van der Waals surface area contributed by atoms with Gasteiger partial charge in [-0.3, -0.25) is 4.99 Å². The molecule has 18 heavy (non-hydrogen) atoms. The van der Waals surface area contributed by atoms with Crippen molar-refractivity contribution < 1.29 is 9.90 Å². The zero-order valence-corrected chi connectivity index (χ0v) is 10.00. The minimum Gasteiger partial charge on any atom is -0.478 e. The highest BCUT2D eigenvalue weighted by Crippen LogP contribution is 2.14. The Kier molecular flexibility index (Phi) is 3.53. The number of rotatable bonds is 3. The van der Waals surface area contributed by atoms with Crippen molar-refractivity contribution >= 4 is 17.9 Å². The molecule has 0 amide bonds. The third kappa shape index (κ3) is 2.83. The van der Waals surface area contributed by atoms with Gasteiger partial charge in [-0.2, -0.15) is 0 Å². The molecule has 0 radical (unpaired) electrons. The molecular weight excluding hydrogens is 226 g/mol. The number of aliphatic imine (C=N–C) groups is 1. The van der Waals surface area contributed by atoms with Crippen LogP contribution in [0.1, 0.15) is 21.5 Å². The van der Waals surface area contributed by atoms with Crippen molar-refractivity contribution in [2.75, 3.05) is 0 Å². The van der Waals surface area contributed by atoms with Gasteiger partial charge in [0, 0.05) is 11.8 Å². The molecule has 0 spiro atoms. The first-order valence-electron chi connectivity index (χ1n) is 5.60. The van der Waals surface area contributed by atoms with E-state index in [9.17, 15) is 4.79 Å². The molecule has 0 unspecified atom stereocenters. The van der Waals surface area contributed by atoms with E-state index in [4.69, 9.17) is 5.11 Å². The second-order valence-corrected chi connectivity index (χ2v) is 3.99. The van der Waals surface area contributed by atoms with Gasteiger partial charge in [0.05, 0.1) is 11.3 Å². The number of carboxylic acid groups (broad SMARTS) is 1. The number of aryl methyl sites for hydroxylation is 1. The molecule has 3 nitrogen and oxygen atoms in total. The quantitative estimate of drug-likeness (QED) is 0.834. The molecule has 2 rings (SSSR count). The van der Waals surface area contributed by atoms with Crippen molar-refractivity contribution in [1.82, 2.24) is 0 Å². The van der Waals surface area contributed by atoms with E-state index in [0.717, 1.165) is 11.3 Å². The van der Waals surface area contributed by atoms with Crippen LogP contribution in [0.2, 0.25) is 0 Å². The zero-order chi connectivity index (χ0) is 13.0. The first kappa shape index (κ1) is 12.0. The highest BCUT2D eigenvalue weighted by atomic mass is 16.4. The molecular formula is C15H13NO2. The standard InChI is InChI=1S/C15H13NO2/c1-11-5-4-7-13(9-11)16-10-12-6-2-3-8-14(12)15(17)18/h2-10H,1H3,(H,17,18)/b16-10-. The van der Waals surface area contributed by atoms with Gasteiger partial charge in [-0.15, -0.1) is 0 Å². The fourth-order valence-corrected chi connectivity index (χ4v) is 1.66. The molecule has 0 aromatic heterocycles. The minimum atomic E-state index is -0.943. The molecule has 0 aliphatic rings. The average Bonchev–Trinajstić information content (AvgIpc) is 2.37. The van der Waals surface area contributed by atoms with Gasteiger partial charge in [0.2, 0.25) is 0 Å². The van der Waals surface area contributed by atoms with Gasteiger partial charge in [-0.1, -0.05) is 30.3 Å². The summed E-state index contributed by atoms with van der Waals surface area (Å²) in [7, 11) is 0. The third-order valence-electron chi connectivity index (χ3n) is 2.55. The topological polar surface area (TPSA) is 49.7 Å². The smallest absolute Gasteiger partial charge is 0.336 e. The van der Waals surface area contributed by atoms with Crippen molar-refractivity contribution in [3.63, 3.8) is 0 Å². The highest BCUT2D eigenvalue weighted by Gasteiger charge is 2.06. The Morgan fingerprint density at radius 2 is 1.94 bits per heavy atom. The van der Waals surface area contributed by atoms with E-state index in [1.165, 1.54) is 0 Å². The van der Waals surface area contributed by atoms with Crippen LogP contribution in [0.4, 0.5) is 5.69 Å². The summed E-state index contributed by atoms with van der Waals surface area (Å²) in [5.74, 6) is -0.943. The van der Waals surface area contributed by atoms with E-state index in [-0.39, 0.29) is 5.56 Å². The minimum absolute atomic E-state index is 0.258. The van der Waals surface area contributed by atoms with Gasteiger partial charge >= 0.3 is 5.97 Å². The summed E-state index contributed by atoms with van der Waals surface area (Å²) >= 11 is 0. The molecule has 0 saturated heterocycles. The van der Waals surface area contributed by atoms with Crippen LogP contribution in [0, 0.1) is 6.92 Å². The summed E-state index contributed by atoms with van der Waals surface area (Å²) < 4.78 is 0. The zero-order valence-electron chi connectivity index (χ0n) is 10.00. The van der Waals surface area contributed by atoms with Gasteiger partial charge in [0.1, 0.15) is 0 Å². The Morgan fingerprint density at radius 3 is 2.67 bits per heavy atom. The number of nitrogens with zero attached hydrogens (tertiary/aromatic N) is 1. The molecule has 3 heteroatoms. The van der Waals surface area contributed by atoms with E-state index in [2.05, 4.69) is 4.99 Å². The molecule has 0 saturated carbocycles. The van der Waals surface area contributed by atoms with E-state index < -0.39 is 5.97 Å². The van der Waals surface area contributed by atoms with E-state index in [1.54, 1.807) is 30.5 Å². The molecule has 0 atom stereocenters. The molecule has 90 valence electrons. The third-order valence-corrected chi connectivity index (χ3v) is 2.55. The predicted molar refractivity (Wildman–Crippen MR) is 71.8 cm³/mol. The molecule has 0 fully saturated rings. The fourth-order valence-electron chi connectivity index (χ4n) is 1.66. The largest absolute Gasteiger partial charge is 0.478 e. The van der Waals surface area contributed by atoms with Crippen LogP contribution < -0.4 is 0 Å². The normalized spacial score (nSPS) is 10.7. The first-order valence-corrected chi connectivity index (χ1v) is 5.60. The molecule has 0 aliphatic heterocycles. The van der Waals surface area contributed by atoms with E-state index in [0.29, 0.717) is 5.56 Å². The molecule has 2 aromatic rings. The van der Waals surface area contributed by atoms with Gasteiger partial charge in [0.15, 0.2) is 0 Å². The average molecular weight is 239 g/mol. The Morgan fingerprint density at radius 1 is 1.17 bits per heavy atom. The Balaban J connectivity index is 2.32. The van der Waals surface area contributed by atoms with Crippen molar-refractivity contribution in [1.29, 1.82) is 0 Å². The van der Waals surface area contributed by atoms with Gasteiger partial charge < -0.3 is 5.11 Å². The summed E-state index contributed by atoms with van der Waals surface area (Å²) in [6.07, 6.45) is 1.58. The maximum absolute atomic E-state index is 11.0. The Hall–Kier alpha value is -2.42. The Labute approximate surface area is 105 Å². The lowest BCUT2D eigenvalue weighted by atomic mass is 10.1. The molecule has 2 aromatic carbocycles. The van der Waals surface area contributed by atoms with E-state index >= 15 is 0 Å². The summed E-state index contributed by atoms with van der Waals surface area (Å²) in [6, 6.07) is 14.5. The molecule has 0 heterocycles. The second kappa shape index (κ2) is 5.27. The van der Waals surface area contributed by atoms with Crippen molar-refractivity contribution in [3.05, 3.63) is 65.2 Å². The van der Waals surface area contributed by atoms with Crippen LogP contribution >= 0.6 is 0 Å². The second-order valence-electron chi connectivity index (χ2n) is 3.99. The summed E-state index contributed by atoms with van der Waals surface area (Å²) in [5.41, 5.74) is 2.80. The fraction of sp³-hybridized carbons (Fsp3) is 0.0667. The van der Waals surface area contributed by atoms with Crippen LogP contribution in [0.25, 0.3) is 0 Å². The highest BCUT2D eigenvalue weighted by molar-refractivity contribution is 5.98. The van der Waals surface area contributed by atoms with Crippen molar-refractivity contribution in [2.24, 2.45) is 4.99 Å². The SMILES string of the molecule is Cc1cccc(/N=C\c2ccccc2C(=O)O)c1. The van der Waals surface area contributed by atoms with Crippen LogP contribution in [0.3, 0.4) is 0 Å². The number of hydrogen-bond donors (Lipinski definition) is 1. The number of aromatic carboxylic acids is 1. The monoisotopic (exact) mass is 239 g/mol. The number of benzene rings is 2. The van der Waals surface area contributed by atoms with Crippen LogP contribution in [-0.4, -0.2) is 17.3 Å².